The van der Waals surface area contributed by atoms with Crippen molar-refractivity contribution in [3.63, 3.8) is 0 Å². The Hall–Kier alpha value is -1.82. The summed E-state index contributed by atoms with van der Waals surface area (Å²) in [5.41, 5.74) is 1.34. The van der Waals surface area contributed by atoms with Gasteiger partial charge in [-0.3, -0.25) is 4.79 Å². The van der Waals surface area contributed by atoms with Gasteiger partial charge in [0.2, 0.25) is 5.91 Å². The normalized spacial score (nSPS) is 16.6. The van der Waals surface area contributed by atoms with Crippen LogP contribution in [0.5, 0.6) is 0 Å². The molecule has 1 aromatic carbocycles. The highest BCUT2D eigenvalue weighted by atomic mass is 16.2. The molecule has 0 aliphatic heterocycles. The van der Waals surface area contributed by atoms with Crippen molar-refractivity contribution in [1.29, 1.82) is 5.26 Å². The monoisotopic (exact) mass is 256 g/mol. The van der Waals surface area contributed by atoms with Crippen molar-refractivity contribution in [2.45, 2.75) is 39.0 Å². The van der Waals surface area contributed by atoms with Crippen molar-refractivity contribution in [2.24, 2.45) is 5.41 Å². The van der Waals surface area contributed by atoms with E-state index < -0.39 is 5.41 Å². The Morgan fingerprint density at radius 3 is 2.26 bits per heavy atom. The summed E-state index contributed by atoms with van der Waals surface area (Å²) in [4.78, 5) is 14.0. The zero-order chi connectivity index (χ0) is 14.0. The van der Waals surface area contributed by atoms with Crippen LogP contribution in [0.2, 0.25) is 0 Å². The Bertz CT molecular complexity index is 507. The average Bonchev–Trinajstić information content (AvgIpc) is 2.37. The minimum atomic E-state index is -0.772. The molecular formula is C16H20N2O. The van der Waals surface area contributed by atoms with Crippen LogP contribution in [0, 0.1) is 16.7 Å². The van der Waals surface area contributed by atoms with Crippen LogP contribution in [-0.2, 0) is 4.79 Å². The summed E-state index contributed by atoms with van der Waals surface area (Å²) >= 11 is 0. The molecule has 0 unspecified atom stereocenters. The van der Waals surface area contributed by atoms with E-state index >= 15 is 0 Å². The van der Waals surface area contributed by atoms with Gasteiger partial charge in [-0.2, -0.15) is 5.26 Å². The van der Waals surface area contributed by atoms with Crippen molar-refractivity contribution < 1.29 is 4.79 Å². The number of carbonyl (C=O) groups excluding carboxylic acids is 1. The van der Waals surface area contributed by atoms with E-state index in [0.717, 1.165) is 12.1 Å². The number of rotatable bonds is 3. The molecule has 2 rings (SSSR count). The predicted octanol–water partition coefficient (Wildman–Crippen LogP) is 3.47. The minimum Gasteiger partial charge on any atom is -0.314 e. The molecule has 3 heteroatoms. The van der Waals surface area contributed by atoms with Gasteiger partial charge in [-0.15, -0.1) is 0 Å². The molecule has 0 atom stereocenters. The van der Waals surface area contributed by atoms with E-state index in [-0.39, 0.29) is 5.91 Å². The van der Waals surface area contributed by atoms with Crippen LogP contribution < -0.4 is 4.90 Å². The van der Waals surface area contributed by atoms with Gasteiger partial charge in [0.1, 0.15) is 5.41 Å². The van der Waals surface area contributed by atoms with Crippen LogP contribution in [0.25, 0.3) is 0 Å². The number of nitrogens with zero attached hydrogens (tertiary/aromatic N) is 2. The molecule has 100 valence electrons. The maximum absolute atomic E-state index is 12.4. The Balaban J connectivity index is 2.18. The fourth-order valence-electron chi connectivity index (χ4n) is 2.42. The summed E-state index contributed by atoms with van der Waals surface area (Å²) in [6.07, 6.45) is 2.35. The zero-order valence-corrected chi connectivity index (χ0v) is 11.8. The predicted molar refractivity (Wildman–Crippen MR) is 75.8 cm³/mol. The summed E-state index contributed by atoms with van der Waals surface area (Å²) in [7, 11) is 1.75. The molecule has 0 aromatic heterocycles. The Morgan fingerprint density at radius 1 is 1.32 bits per heavy atom. The maximum Gasteiger partial charge on any atom is 0.247 e. The van der Waals surface area contributed by atoms with Gasteiger partial charge in [0.25, 0.3) is 0 Å². The molecule has 1 amide bonds. The number of hydrogen-bond donors (Lipinski definition) is 0. The number of carbonyl (C=O) groups is 1. The molecule has 0 radical (unpaired) electrons. The molecule has 0 spiro atoms. The van der Waals surface area contributed by atoms with Gasteiger partial charge in [0.15, 0.2) is 0 Å². The Labute approximate surface area is 114 Å². The molecule has 3 nitrogen and oxygen atoms in total. The van der Waals surface area contributed by atoms with E-state index in [1.807, 2.05) is 24.3 Å². The van der Waals surface area contributed by atoms with Gasteiger partial charge in [0, 0.05) is 12.7 Å². The number of hydrogen-bond acceptors (Lipinski definition) is 2. The van der Waals surface area contributed by atoms with Gasteiger partial charge in [0.05, 0.1) is 6.07 Å². The second kappa shape index (κ2) is 5.05. The Morgan fingerprint density at radius 2 is 1.89 bits per heavy atom. The highest BCUT2D eigenvalue weighted by Crippen LogP contribution is 2.42. The molecule has 0 saturated heterocycles. The van der Waals surface area contributed by atoms with Crippen LogP contribution in [-0.4, -0.2) is 13.0 Å². The molecule has 1 fully saturated rings. The minimum absolute atomic E-state index is 0.0708. The summed E-state index contributed by atoms with van der Waals surface area (Å²) in [6.45, 7) is 4.28. The maximum atomic E-state index is 12.4. The molecule has 0 N–H and O–H groups in total. The first-order chi connectivity index (χ1) is 9.00. The highest BCUT2D eigenvalue weighted by molar-refractivity contribution is 5.99. The third kappa shape index (κ3) is 2.35. The van der Waals surface area contributed by atoms with Gasteiger partial charge in [-0.25, -0.2) is 0 Å². The SMILES string of the molecule is CC(C)c1ccc(N(C)C(=O)C2(C#N)CCC2)cc1. The van der Waals surface area contributed by atoms with Crippen molar-refractivity contribution in [1.82, 2.24) is 0 Å². The van der Waals surface area contributed by atoms with Gasteiger partial charge in [-0.05, 0) is 42.9 Å². The molecule has 19 heavy (non-hydrogen) atoms. The fourth-order valence-corrected chi connectivity index (χ4v) is 2.42. The van der Waals surface area contributed by atoms with Crippen LogP contribution in [0.4, 0.5) is 5.69 Å². The average molecular weight is 256 g/mol. The van der Waals surface area contributed by atoms with E-state index in [2.05, 4.69) is 19.9 Å². The molecular weight excluding hydrogens is 236 g/mol. The molecule has 1 aromatic rings. The van der Waals surface area contributed by atoms with Crippen molar-refractivity contribution in [3.8, 4) is 6.07 Å². The lowest BCUT2D eigenvalue weighted by Crippen LogP contribution is -2.45. The molecule has 0 heterocycles. The molecule has 1 saturated carbocycles. The van der Waals surface area contributed by atoms with Gasteiger partial charge >= 0.3 is 0 Å². The standard InChI is InChI=1S/C16H20N2O/c1-12(2)13-5-7-14(8-6-13)18(3)15(19)16(11-17)9-4-10-16/h5-8,12H,4,9-10H2,1-3H3. The first-order valence-corrected chi connectivity index (χ1v) is 6.79. The number of nitriles is 1. The van der Waals surface area contributed by atoms with Gasteiger partial charge in [-0.1, -0.05) is 26.0 Å². The lowest BCUT2D eigenvalue weighted by Gasteiger charge is -2.36. The number of benzene rings is 1. The van der Waals surface area contributed by atoms with Crippen LogP contribution in [0.1, 0.15) is 44.6 Å². The van der Waals surface area contributed by atoms with Crippen molar-refractivity contribution in [3.05, 3.63) is 29.8 Å². The molecule has 1 aliphatic carbocycles. The Kier molecular flexibility index (Phi) is 3.61. The number of anilines is 1. The van der Waals surface area contributed by atoms with E-state index in [4.69, 9.17) is 0 Å². The van der Waals surface area contributed by atoms with Crippen LogP contribution in [0.15, 0.2) is 24.3 Å². The van der Waals surface area contributed by atoms with E-state index in [0.29, 0.717) is 18.8 Å². The zero-order valence-electron chi connectivity index (χ0n) is 11.8. The summed E-state index contributed by atoms with van der Waals surface area (Å²) in [5, 5.41) is 9.22. The van der Waals surface area contributed by atoms with Crippen LogP contribution in [0.3, 0.4) is 0 Å². The number of amides is 1. The first kappa shape index (κ1) is 13.6. The third-order valence-electron chi connectivity index (χ3n) is 4.08. The lowest BCUT2D eigenvalue weighted by molar-refractivity contribution is -0.128. The smallest absolute Gasteiger partial charge is 0.247 e. The fraction of sp³-hybridized carbons (Fsp3) is 0.500. The topological polar surface area (TPSA) is 44.1 Å². The van der Waals surface area contributed by atoms with Crippen LogP contribution >= 0.6 is 0 Å². The van der Waals surface area contributed by atoms with E-state index in [1.165, 1.54) is 5.56 Å². The van der Waals surface area contributed by atoms with Crippen molar-refractivity contribution >= 4 is 11.6 Å². The first-order valence-electron chi connectivity index (χ1n) is 6.79. The quantitative estimate of drug-likeness (QED) is 0.831. The summed E-state index contributed by atoms with van der Waals surface area (Å²) in [5.74, 6) is 0.408. The lowest BCUT2D eigenvalue weighted by atomic mass is 9.69. The molecule has 0 bridgehead atoms. The van der Waals surface area contributed by atoms with Gasteiger partial charge < -0.3 is 4.90 Å². The van der Waals surface area contributed by atoms with E-state index in [9.17, 15) is 10.1 Å². The second-order valence-electron chi connectivity index (χ2n) is 5.66. The summed E-state index contributed by atoms with van der Waals surface area (Å²) < 4.78 is 0. The van der Waals surface area contributed by atoms with Crippen molar-refractivity contribution in [2.75, 3.05) is 11.9 Å². The van der Waals surface area contributed by atoms with E-state index in [1.54, 1.807) is 11.9 Å². The highest BCUT2D eigenvalue weighted by Gasteiger charge is 2.46. The second-order valence-corrected chi connectivity index (χ2v) is 5.66. The summed E-state index contributed by atoms with van der Waals surface area (Å²) in [6, 6.07) is 10.2. The largest absolute Gasteiger partial charge is 0.314 e. The third-order valence-corrected chi connectivity index (χ3v) is 4.08. The molecule has 1 aliphatic rings.